The number of aromatic amines is 1. The molecule has 2 atom stereocenters. The van der Waals surface area contributed by atoms with Gasteiger partial charge in [0.25, 0.3) is 11.7 Å². The fraction of sp³-hybridized carbons (Fsp3) is 0.222. The van der Waals surface area contributed by atoms with Gasteiger partial charge >= 0.3 is 0 Å². The Kier molecular flexibility index (Phi) is 5.86. The van der Waals surface area contributed by atoms with Gasteiger partial charge in [-0.1, -0.05) is 24.3 Å². The van der Waals surface area contributed by atoms with Crippen LogP contribution in [0.4, 0.5) is 5.82 Å². The van der Waals surface area contributed by atoms with Crippen LogP contribution < -0.4 is 15.2 Å². The van der Waals surface area contributed by atoms with Crippen LogP contribution in [-0.4, -0.2) is 62.8 Å². The fourth-order valence-electron chi connectivity index (χ4n) is 5.04. The molecule has 0 bridgehead atoms. The maximum absolute atomic E-state index is 13.6. The summed E-state index contributed by atoms with van der Waals surface area (Å²) in [5.41, 5.74) is 6.96. The minimum atomic E-state index is -1.27. The van der Waals surface area contributed by atoms with Gasteiger partial charge in [0.1, 0.15) is 18.3 Å². The SMILES string of the molecule is COc1cnc(N2C=NC(C)N2)c2[nH]cc(C(=O)C(=O)N3CCc4c(-c5ccccn5)cccc4C3O)c12. The number of hydrogen-bond acceptors (Lipinski definition) is 9. The lowest BCUT2D eigenvalue weighted by Crippen LogP contribution is -2.43. The van der Waals surface area contributed by atoms with Crippen molar-refractivity contribution < 1.29 is 19.4 Å². The van der Waals surface area contributed by atoms with E-state index < -0.39 is 17.9 Å². The van der Waals surface area contributed by atoms with Crippen LogP contribution in [-0.2, 0) is 11.2 Å². The van der Waals surface area contributed by atoms with Crippen LogP contribution in [0.1, 0.15) is 34.6 Å². The number of nitrogens with one attached hydrogen (secondary N) is 2. The molecule has 0 radical (unpaired) electrons. The minimum absolute atomic E-state index is 0.131. The molecular weight excluding hydrogens is 486 g/mol. The van der Waals surface area contributed by atoms with Gasteiger partial charge in [-0.15, -0.1) is 0 Å². The number of H-pyrrole nitrogens is 1. The number of rotatable bonds is 5. The number of aromatic nitrogens is 3. The van der Waals surface area contributed by atoms with Gasteiger partial charge < -0.3 is 19.7 Å². The van der Waals surface area contributed by atoms with Crippen LogP contribution >= 0.6 is 0 Å². The quantitative estimate of drug-likeness (QED) is 0.275. The van der Waals surface area contributed by atoms with Gasteiger partial charge in [0.2, 0.25) is 0 Å². The van der Waals surface area contributed by atoms with Crippen LogP contribution in [0.2, 0.25) is 0 Å². The summed E-state index contributed by atoms with van der Waals surface area (Å²) in [6.07, 6.45) is 5.36. The molecule has 2 unspecified atom stereocenters. The first kappa shape index (κ1) is 23.8. The highest BCUT2D eigenvalue weighted by Crippen LogP contribution is 2.37. The molecule has 0 fully saturated rings. The summed E-state index contributed by atoms with van der Waals surface area (Å²) in [6, 6.07) is 11.2. The summed E-state index contributed by atoms with van der Waals surface area (Å²) in [7, 11) is 1.47. The summed E-state index contributed by atoms with van der Waals surface area (Å²) in [5.74, 6) is -0.738. The Morgan fingerprint density at radius 1 is 1.16 bits per heavy atom. The first-order valence-corrected chi connectivity index (χ1v) is 12.2. The topological polar surface area (TPSA) is 136 Å². The van der Waals surface area contributed by atoms with Crippen LogP contribution in [0.15, 0.2) is 60.0 Å². The third kappa shape index (κ3) is 3.80. The zero-order chi connectivity index (χ0) is 26.4. The fourth-order valence-corrected chi connectivity index (χ4v) is 5.04. The van der Waals surface area contributed by atoms with Gasteiger partial charge in [-0.05, 0) is 31.0 Å². The van der Waals surface area contributed by atoms with Crippen molar-refractivity contribution in [1.29, 1.82) is 0 Å². The number of carbonyl (C=O) groups is 2. The van der Waals surface area contributed by atoms with E-state index in [1.807, 2.05) is 37.3 Å². The highest BCUT2D eigenvalue weighted by atomic mass is 16.5. The van der Waals surface area contributed by atoms with E-state index in [4.69, 9.17) is 4.74 Å². The van der Waals surface area contributed by atoms with Crippen LogP contribution in [0, 0.1) is 0 Å². The van der Waals surface area contributed by atoms with Crippen molar-refractivity contribution in [2.75, 3.05) is 18.7 Å². The molecule has 2 aliphatic rings. The average molecular weight is 512 g/mol. The van der Waals surface area contributed by atoms with E-state index in [-0.39, 0.29) is 18.3 Å². The van der Waals surface area contributed by atoms with Gasteiger partial charge in [-0.2, -0.15) is 0 Å². The van der Waals surface area contributed by atoms with E-state index in [9.17, 15) is 14.7 Å². The van der Waals surface area contributed by atoms with Crippen molar-refractivity contribution >= 4 is 34.7 Å². The van der Waals surface area contributed by atoms with Crippen molar-refractivity contribution in [1.82, 2.24) is 25.3 Å². The maximum Gasteiger partial charge on any atom is 0.297 e. The van der Waals surface area contributed by atoms with Gasteiger partial charge in [0.15, 0.2) is 12.0 Å². The number of aliphatic imine (C=N–C) groups is 1. The molecule has 1 aromatic carbocycles. The molecule has 4 aromatic rings. The van der Waals surface area contributed by atoms with E-state index in [2.05, 4.69) is 25.4 Å². The molecule has 11 nitrogen and oxygen atoms in total. The van der Waals surface area contributed by atoms with Crippen molar-refractivity contribution in [3.63, 3.8) is 0 Å². The number of benzene rings is 1. The van der Waals surface area contributed by atoms with E-state index in [0.29, 0.717) is 34.5 Å². The van der Waals surface area contributed by atoms with E-state index >= 15 is 0 Å². The zero-order valence-corrected chi connectivity index (χ0v) is 20.8. The average Bonchev–Trinajstić information content (AvgIpc) is 3.59. The molecule has 192 valence electrons. The van der Waals surface area contributed by atoms with Gasteiger partial charge in [0, 0.05) is 30.1 Å². The Morgan fingerprint density at radius 3 is 2.76 bits per heavy atom. The monoisotopic (exact) mass is 511 g/mol. The standard InChI is InChI=1S/C27H25N7O4/c1-15-31-14-34(32-15)25-23-22(21(38-2)13-30-25)19(12-29-23)24(35)27(37)33-11-9-16-17(20-8-3-4-10-28-20)6-5-7-18(16)26(33)36/h3-8,10,12-15,26,29,32,36H,9,11H2,1-2H3. The van der Waals surface area contributed by atoms with E-state index in [0.717, 1.165) is 16.8 Å². The van der Waals surface area contributed by atoms with Crippen LogP contribution in [0.3, 0.4) is 0 Å². The molecule has 0 aliphatic carbocycles. The number of amides is 1. The van der Waals surface area contributed by atoms with Gasteiger partial charge in [0.05, 0.1) is 35.5 Å². The number of Topliss-reactive ketones (excluding diaryl/α,β-unsaturated/α-hetero) is 1. The number of fused-ring (bicyclic) bond motifs is 2. The highest BCUT2D eigenvalue weighted by molar-refractivity contribution is 6.45. The molecule has 5 heterocycles. The number of hydrogen-bond donors (Lipinski definition) is 3. The summed E-state index contributed by atoms with van der Waals surface area (Å²) in [4.78, 5) is 44.5. The summed E-state index contributed by atoms with van der Waals surface area (Å²) < 4.78 is 5.48. The van der Waals surface area contributed by atoms with Gasteiger partial charge in [-0.3, -0.25) is 19.6 Å². The van der Waals surface area contributed by atoms with Crippen molar-refractivity contribution in [3.05, 3.63) is 71.7 Å². The number of ether oxygens (including phenoxy) is 1. The molecule has 0 saturated carbocycles. The lowest BCUT2D eigenvalue weighted by atomic mass is 9.91. The predicted octanol–water partition coefficient (Wildman–Crippen LogP) is 2.59. The molecule has 6 rings (SSSR count). The van der Waals surface area contributed by atoms with Crippen LogP contribution in [0.5, 0.6) is 5.75 Å². The lowest BCUT2D eigenvalue weighted by molar-refractivity contribution is -0.137. The van der Waals surface area contributed by atoms with E-state index in [1.165, 1.54) is 24.4 Å². The number of nitrogens with zero attached hydrogens (tertiary/aromatic N) is 5. The third-order valence-electron chi connectivity index (χ3n) is 6.86. The Bertz CT molecular complexity index is 1580. The Labute approximate surface area is 217 Å². The first-order chi connectivity index (χ1) is 18.5. The molecule has 38 heavy (non-hydrogen) atoms. The second-order valence-corrected chi connectivity index (χ2v) is 9.08. The smallest absolute Gasteiger partial charge is 0.297 e. The number of aliphatic hydroxyl groups is 1. The molecule has 2 aliphatic heterocycles. The molecular formula is C27H25N7O4. The molecule has 1 amide bonds. The molecule has 3 N–H and O–H groups in total. The maximum atomic E-state index is 13.6. The second kappa shape index (κ2) is 9.36. The first-order valence-electron chi connectivity index (χ1n) is 12.2. The lowest BCUT2D eigenvalue weighted by Gasteiger charge is -2.34. The second-order valence-electron chi connectivity index (χ2n) is 9.08. The Morgan fingerprint density at radius 2 is 2.03 bits per heavy atom. The predicted molar refractivity (Wildman–Crippen MR) is 141 cm³/mol. The van der Waals surface area contributed by atoms with Crippen molar-refractivity contribution in [2.24, 2.45) is 4.99 Å². The molecule has 11 heteroatoms. The Hall–Kier alpha value is -4.61. The summed E-state index contributed by atoms with van der Waals surface area (Å²) in [5, 5.41) is 13.3. The van der Waals surface area contributed by atoms with E-state index in [1.54, 1.807) is 23.6 Å². The van der Waals surface area contributed by atoms with Crippen molar-refractivity contribution in [3.8, 4) is 17.0 Å². The number of carbonyl (C=O) groups excluding carboxylic acids is 2. The molecule has 0 saturated heterocycles. The largest absolute Gasteiger partial charge is 0.494 e. The zero-order valence-electron chi connectivity index (χ0n) is 20.8. The number of ketones is 1. The summed E-state index contributed by atoms with van der Waals surface area (Å²) >= 11 is 0. The molecule has 3 aromatic heterocycles. The number of hydrazine groups is 1. The molecule has 0 spiro atoms. The number of methoxy groups -OCH3 is 1. The van der Waals surface area contributed by atoms with Crippen LogP contribution in [0.25, 0.3) is 22.2 Å². The minimum Gasteiger partial charge on any atom is -0.494 e. The Balaban J connectivity index is 1.33. The van der Waals surface area contributed by atoms with Gasteiger partial charge in [-0.25, -0.2) is 15.4 Å². The van der Waals surface area contributed by atoms with Crippen molar-refractivity contribution in [2.45, 2.75) is 25.7 Å². The number of anilines is 1. The normalized spacial score (nSPS) is 18.6. The number of aliphatic hydroxyl groups excluding tert-OH is 1. The highest BCUT2D eigenvalue weighted by Gasteiger charge is 2.36. The summed E-state index contributed by atoms with van der Waals surface area (Å²) in [6.45, 7) is 2.07. The number of pyridine rings is 2. The third-order valence-corrected chi connectivity index (χ3v) is 6.86.